The second kappa shape index (κ2) is 3.04. The molecule has 0 saturated heterocycles. The lowest BCUT2D eigenvalue weighted by Crippen LogP contribution is -2.15. The number of benzene rings is 1. The van der Waals surface area contributed by atoms with Gasteiger partial charge in [-0.25, -0.2) is 4.98 Å². The van der Waals surface area contributed by atoms with E-state index in [9.17, 15) is 5.11 Å². The fourth-order valence-electron chi connectivity index (χ4n) is 1.54. The molecule has 1 aromatic carbocycles. The Bertz CT molecular complexity index is 468. The summed E-state index contributed by atoms with van der Waals surface area (Å²) in [7, 11) is 0. The Hall–Kier alpha value is -0.930. The van der Waals surface area contributed by atoms with E-state index in [1.165, 1.54) is 0 Å². The van der Waals surface area contributed by atoms with E-state index in [1.54, 1.807) is 25.2 Å². The van der Waals surface area contributed by atoms with Crippen LogP contribution in [0.25, 0.3) is 10.2 Å². The predicted molar refractivity (Wildman–Crippen MR) is 59.6 cm³/mol. The highest BCUT2D eigenvalue weighted by Crippen LogP contribution is 2.31. The highest BCUT2D eigenvalue weighted by molar-refractivity contribution is 7.18. The van der Waals surface area contributed by atoms with E-state index >= 15 is 0 Å². The van der Waals surface area contributed by atoms with Crippen molar-refractivity contribution in [2.24, 2.45) is 0 Å². The molecule has 0 fully saturated rings. The summed E-state index contributed by atoms with van der Waals surface area (Å²) in [5, 5.41) is 11.0. The van der Waals surface area contributed by atoms with Crippen molar-refractivity contribution in [2.75, 3.05) is 0 Å². The van der Waals surface area contributed by atoms with Crippen molar-refractivity contribution in [3.8, 4) is 0 Å². The second-order valence-electron chi connectivity index (χ2n) is 3.95. The van der Waals surface area contributed by atoms with Crippen molar-refractivity contribution in [1.82, 2.24) is 4.98 Å². The molecule has 1 heterocycles. The monoisotopic (exact) mass is 207 g/mol. The third kappa shape index (κ3) is 1.53. The highest BCUT2D eigenvalue weighted by atomic mass is 32.1. The molecule has 1 N–H and O–H groups in total. The number of aromatic nitrogens is 1. The largest absolute Gasteiger partial charge is 0.386 e. The Morgan fingerprint density at radius 2 is 2.07 bits per heavy atom. The van der Waals surface area contributed by atoms with E-state index in [4.69, 9.17) is 0 Å². The molecule has 14 heavy (non-hydrogen) atoms. The summed E-state index contributed by atoms with van der Waals surface area (Å²) in [6, 6.07) is 5.88. The van der Waals surface area contributed by atoms with Crippen molar-refractivity contribution >= 4 is 21.6 Å². The van der Waals surface area contributed by atoms with E-state index in [1.807, 2.05) is 25.1 Å². The maximum Gasteiger partial charge on any atom is 0.0907 e. The number of hydrogen-bond acceptors (Lipinski definition) is 3. The Morgan fingerprint density at radius 1 is 1.36 bits per heavy atom. The van der Waals surface area contributed by atoms with Gasteiger partial charge in [-0.1, -0.05) is 12.1 Å². The normalized spacial score (nSPS) is 12.3. The Kier molecular flexibility index (Phi) is 2.09. The Balaban J connectivity index is 2.77. The lowest BCUT2D eigenvalue weighted by molar-refractivity contribution is 0.0803. The lowest BCUT2D eigenvalue weighted by atomic mass is 9.98. The molecule has 0 aliphatic heterocycles. The van der Waals surface area contributed by atoms with Gasteiger partial charge in [-0.3, -0.25) is 0 Å². The minimum atomic E-state index is -0.793. The van der Waals surface area contributed by atoms with Gasteiger partial charge in [-0.05, 0) is 26.8 Å². The number of nitrogens with zero attached hydrogens (tertiary/aromatic N) is 1. The zero-order valence-electron chi connectivity index (χ0n) is 8.53. The molecule has 74 valence electrons. The van der Waals surface area contributed by atoms with Gasteiger partial charge in [0.1, 0.15) is 0 Å². The van der Waals surface area contributed by atoms with Gasteiger partial charge < -0.3 is 5.11 Å². The summed E-state index contributed by atoms with van der Waals surface area (Å²) in [6.07, 6.45) is 0. The average Bonchev–Trinajstić information content (AvgIpc) is 2.41. The Morgan fingerprint density at radius 3 is 2.71 bits per heavy atom. The Labute approximate surface area is 87.2 Å². The van der Waals surface area contributed by atoms with E-state index in [2.05, 4.69) is 4.98 Å². The molecule has 0 spiro atoms. The summed E-state index contributed by atoms with van der Waals surface area (Å²) < 4.78 is 1.09. The lowest BCUT2D eigenvalue weighted by Gasteiger charge is -2.17. The van der Waals surface area contributed by atoms with Crippen LogP contribution in [-0.4, -0.2) is 10.1 Å². The molecule has 0 aliphatic rings. The minimum absolute atomic E-state index is 0.793. The van der Waals surface area contributed by atoms with E-state index in [0.717, 1.165) is 20.8 Å². The van der Waals surface area contributed by atoms with Crippen LogP contribution >= 0.6 is 11.3 Å². The van der Waals surface area contributed by atoms with Crippen LogP contribution in [-0.2, 0) is 5.60 Å². The molecule has 0 unspecified atom stereocenters. The van der Waals surface area contributed by atoms with Gasteiger partial charge in [-0.2, -0.15) is 0 Å². The van der Waals surface area contributed by atoms with Gasteiger partial charge in [0, 0.05) is 5.56 Å². The smallest absolute Gasteiger partial charge is 0.0907 e. The van der Waals surface area contributed by atoms with Crippen LogP contribution < -0.4 is 0 Å². The number of rotatable bonds is 1. The van der Waals surface area contributed by atoms with Gasteiger partial charge in [0.05, 0.1) is 20.8 Å². The van der Waals surface area contributed by atoms with Gasteiger partial charge >= 0.3 is 0 Å². The van der Waals surface area contributed by atoms with Gasteiger partial charge in [0.15, 0.2) is 0 Å². The maximum atomic E-state index is 9.98. The molecule has 2 rings (SSSR count). The third-order valence-corrected chi connectivity index (χ3v) is 3.20. The number of hydrogen-bond donors (Lipinski definition) is 1. The summed E-state index contributed by atoms with van der Waals surface area (Å²) in [5.74, 6) is 0. The molecule has 2 nitrogen and oxygen atoms in total. The van der Waals surface area contributed by atoms with Crippen LogP contribution in [0.15, 0.2) is 18.2 Å². The predicted octanol–water partition coefficient (Wildman–Crippen LogP) is 2.83. The molecule has 0 atom stereocenters. The fourth-order valence-corrected chi connectivity index (χ4v) is 2.63. The molecular weight excluding hydrogens is 194 g/mol. The van der Waals surface area contributed by atoms with Crippen LogP contribution in [0, 0.1) is 6.92 Å². The van der Waals surface area contributed by atoms with E-state index in [0.29, 0.717) is 0 Å². The zero-order chi connectivity index (χ0) is 10.3. The zero-order valence-corrected chi connectivity index (χ0v) is 9.35. The number of fused-ring (bicyclic) bond motifs is 1. The summed E-state index contributed by atoms with van der Waals surface area (Å²) >= 11 is 1.63. The number of aryl methyl sites for hydroxylation is 1. The molecule has 0 bridgehead atoms. The first-order valence-electron chi connectivity index (χ1n) is 4.57. The molecule has 0 amide bonds. The number of thiazole rings is 1. The van der Waals surface area contributed by atoms with Crippen LogP contribution in [0.4, 0.5) is 0 Å². The molecule has 0 aliphatic carbocycles. The van der Waals surface area contributed by atoms with Crippen LogP contribution in [0.5, 0.6) is 0 Å². The third-order valence-electron chi connectivity index (χ3n) is 2.18. The molecule has 1 aromatic heterocycles. The van der Waals surface area contributed by atoms with Crippen LogP contribution in [0.3, 0.4) is 0 Å². The first-order chi connectivity index (χ1) is 6.48. The quantitative estimate of drug-likeness (QED) is 0.780. The minimum Gasteiger partial charge on any atom is -0.386 e. The fraction of sp³-hybridized carbons (Fsp3) is 0.364. The van der Waals surface area contributed by atoms with Crippen molar-refractivity contribution in [2.45, 2.75) is 26.4 Å². The summed E-state index contributed by atoms with van der Waals surface area (Å²) in [4.78, 5) is 4.39. The molecule has 0 saturated carbocycles. The van der Waals surface area contributed by atoms with E-state index < -0.39 is 5.60 Å². The van der Waals surface area contributed by atoms with Gasteiger partial charge in [0.2, 0.25) is 0 Å². The van der Waals surface area contributed by atoms with E-state index in [-0.39, 0.29) is 0 Å². The topological polar surface area (TPSA) is 33.1 Å². The number of aliphatic hydroxyl groups is 1. The van der Waals surface area contributed by atoms with Crippen molar-refractivity contribution < 1.29 is 5.11 Å². The van der Waals surface area contributed by atoms with Crippen molar-refractivity contribution in [1.29, 1.82) is 0 Å². The molecule has 3 heteroatoms. The van der Waals surface area contributed by atoms with Crippen molar-refractivity contribution in [3.05, 3.63) is 28.8 Å². The van der Waals surface area contributed by atoms with Gasteiger partial charge in [-0.15, -0.1) is 11.3 Å². The highest BCUT2D eigenvalue weighted by Gasteiger charge is 2.20. The SMILES string of the molecule is Cc1nc2cccc(C(C)(C)O)c2s1. The first-order valence-corrected chi connectivity index (χ1v) is 5.39. The van der Waals surface area contributed by atoms with Crippen LogP contribution in [0.2, 0.25) is 0 Å². The molecule has 2 aromatic rings. The molecule has 0 radical (unpaired) electrons. The van der Waals surface area contributed by atoms with Crippen molar-refractivity contribution in [3.63, 3.8) is 0 Å². The standard InChI is InChI=1S/C11H13NOS/c1-7-12-9-6-4-5-8(10(9)14-7)11(2,3)13/h4-6,13H,1-3H3. The molecular formula is C11H13NOS. The second-order valence-corrected chi connectivity index (χ2v) is 5.15. The van der Waals surface area contributed by atoms with Crippen LogP contribution in [0.1, 0.15) is 24.4 Å². The summed E-state index contributed by atoms with van der Waals surface area (Å²) in [6.45, 7) is 5.59. The maximum absolute atomic E-state index is 9.98. The first kappa shape index (κ1) is 9.62. The average molecular weight is 207 g/mol. The van der Waals surface area contributed by atoms with Gasteiger partial charge in [0.25, 0.3) is 0 Å². The summed E-state index contributed by atoms with van der Waals surface area (Å²) in [5.41, 5.74) is 1.14.